The third kappa shape index (κ3) is 4.56. The van der Waals surface area contributed by atoms with Gasteiger partial charge < -0.3 is 15.5 Å². The summed E-state index contributed by atoms with van der Waals surface area (Å²) in [6.07, 6.45) is 0. The highest BCUT2D eigenvalue weighted by atomic mass is 35.5. The molecule has 0 radical (unpaired) electrons. The fourth-order valence-electron chi connectivity index (χ4n) is 2.31. The number of carbonyl (C=O) groups is 2. The second-order valence-electron chi connectivity index (χ2n) is 4.79. The third-order valence-electron chi connectivity index (χ3n) is 3.50. The van der Waals surface area contributed by atoms with E-state index in [0.717, 1.165) is 0 Å². The zero-order chi connectivity index (χ0) is 14.7. The third-order valence-corrected chi connectivity index (χ3v) is 3.50. The number of rotatable bonds is 3. The van der Waals surface area contributed by atoms with Gasteiger partial charge in [0.15, 0.2) is 5.78 Å². The zero-order valence-electron chi connectivity index (χ0n) is 12.3. The summed E-state index contributed by atoms with van der Waals surface area (Å²) in [5, 5.41) is 0. The van der Waals surface area contributed by atoms with Crippen LogP contribution >= 0.6 is 24.8 Å². The van der Waals surface area contributed by atoms with Gasteiger partial charge in [0, 0.05) is 31.7 Å². The molecular weight excluding hydrogens is 332 g/mol. The fourth-order valence-corrected chi connectivity index (χ4v) is 2.31. The number of ketones is 1. The normalized spacial score (nSPS) is 14.0. The summed E-state index contributed by atoms with van der Waals surface area (Å²) < 4.78 is 14.0. The topological polar surface area (TPSA) is 66.6 Å². The van der Waals surface area contributed by atoms with Gasteiger partial charge in [0.1, 0.15) is 5.82 Å². The van der Waals surface area contributed by atoms with Gasteiger partial charge in [0.05, 0.1) is 12.2 Å². The number of benzene rings is 1. The van der Waals surface area contributed by atoms with E-state index in [0.29, 0.717) is 37.4 Å². The predicted octanol–water partition coefficient (Wildman–Crippen LogP) is 1.48. The van der Waals surface area contributed by atoms with Crippen molar-refractivity contribution in [3.05, 3.63) is 29.6 Å². The molecule has 8 heteroatoms. The zero-order valence-corrected chi connectivity index (χ0v) is 13.9. The first-order valence-corrected chi connectivity index (χ1v) is 6.56. The Morgan fingerprint density at radius 1 is 1.18 bits per heavy atom. The van der Waals surface area contributed by atoms with Crippen LogP contribution in [-0.2, 0) is 4.79 Å². The van der Waals surface area contributed by atoms with Gasteiger partial charge in [-0.3, -0.25) is 9.59 Å². The Balaban J connectivity index is 0.00000220. The van der Waals surface area contributed by atoms with E-state index >= 15 is 0 Å². The Hall–Kier alpha value is -1.37. The lowest BCUT2D eigenvalue weighted by molar-refractivity contribution is -0.129. The van der Waals surface area contributed by atoms with Crippen LogP contribution in [0.5, 0.6) is 0 Å². The molecule has 0 unspecified atom stereocenters. The van der Waals surface area contributed by atoms with Crippen LogP contribution in [0.1, 0.15) is 17.3 Å². The van der Waals surface area contributed by atoms with Crippen molar-refractivity contribution in [2.45, 2.75) is 6.92 Å². The number of carbonyl (C=O) groups excluding carboxylic acids is 2. The van der Waals surface area contributed by atoms with E-state index in [1.54, 1.807) is 17.0 Å². The van der Waals surface area contributed by atoms with Gasteiger partial charge in [-0.25, -0.2) is 4.39 Å². The van der Waals surface area contributed by atoms with Gasteiger partial charge in [-0.15, -0.1) is 24.8 Å². The summed E-state index contributed by atoms with van der Waals surface area (Å²) in [6.45, 7) is 3.59. The number of hydrogen-bond donors (Lipinski definition) is 1. The maximum absolute atomic E-state index is 14.0. The molecule has 1 aliphatic rings. The van der Waals surface area contributed by atoms with E-state index in [1.807, 2.05) is 4.90 Å². The minimum absolute atomic E-state index is 0. The van der Waals surface area contributed by atoms with Gasteiger partial charge in [-0.2, -0.15) is 0 Å². The largest absolute Gasteiger partial charge is 0.366 e. The number of amides is 1. The molecule has 0 aromatic heterocycles. The molecule has 0 saturated carbocycles. The molecule has 1 aromatic rings. The van der Waals surface area contributed by atoms with Gasteiger partial charge in [0.2, 0.25) is 5.91 Å². The molecule has 1 heterocycles. The Kier molecular flexibility index (Phi) is 8.37. The molecular formula is C14H20Cl2FN3O2. The first-order valence-electron chi connectivity index (χ1n) is 6.56. The molecule has 0 spiro atoms. The molecule has 5 nitrogen and oxygen atoms in total. The van der Waals surface area contributed by atoms with Crippen molar-refractivity contribution in [2.24, 2.45) is 5.73 Å². The summed E-state index contributed by atoms with van der Waals surface area (Å²) >= 11 is 0. The van der Waals surface area contributed by atoms with Crippen LogP contribution in [0.4, 0.5) is 10.1 Å². The van der Waals surface area contributed by atoms with Gasteiger partial charge in [-0.05, 0) is 25.1 Å². The van der Waals surface area contributed by atoms with Crippen molar-refractivity contribution in [1.29, 1.82) is 0 Å². The Bertz CT molecular complexity index is 535. The maximum atomic E-state index is 14.0. The van der Waals surface area contributed by atoms with Crippen LogP contribution in [0.15, 0.2) is 18.2 Å². The molecule has 2 N–H and O–H groups in total. The van der Waals surface area contributed by atoms with Crippen LogP contribution in [0.3, 0.4) is 0 Å². The Morgan fingerprint density at radius 3 is 2.23 bits per heavy atom. The number of piperazine rings is 1. The minimum Gasteiger partial charge on any atom is -0.366 e. The van der Waals surface area contributed by atoms with E-state index in [9.17, 15) is 14.0 Å². The average Bonchev–Trinajstić information content (AvgIpc) is 2.46. The van der Waals surface area contributed by atoms with E-state index in [1.165, 1.54) is 13.0 Å². The van der Waals surface area contributed by atoms with E-state index < -0.39 is 5.82 Å². The Labute approximate surface area is 141 Å². The molecule has 124 valence electrons. The van der Waals surface area contributed by atoms with Crippen molar-refractivity contribution in [1.82, 2.24) is 4.90 Å². The molecule has 1 aliphatic heterocycles. The summed E-state index contributed by atoms with van der Waals surface area (Å²) in [5.74, 6) is -0.651. The van der Waals surface area contributed by atoms with Crippen LogP contribution in [0.2, 0.25) is 0 Å². The first-order chi connectivity index (χ1) is 9.52. The van der Waals surface area contributed by atoms with E-state index in [4.69, 9.17) is 5.73 Å². The molecule has 1 aromatic carbocycles. The smallest absolute Gasteiger partial charge is 0.236 e. The van der Waals surface area contributed by atoms with Gasteiger partial charge in [0.25, 0.3) is 0 Å². The van der Waals surface area contributed by atoms with Gasteiger partial charge in [-0.1, -0.05) is 0 Å². The molecule has 0 aliphatic carbocycles. The van der Waals surface area contributed by atoms with E-state index in [2.05, 4.69) is 0 Å². The maximum Gasteiger partial charge on any atom is 0.236 e. The standard InChI is InChI=1S/C14H18FN3O2.2ClH/c1-10(19)11-2-3-13(12(15)8-11)17-4-6-18(7-5-17)14(20)9-16;;/h2-3,8H,4-7,9,16H2,1H3;2*1H. The minimum atomic E-state index is -0.406. The number of hydrogen-bond acceptors (Lipinski definition) is 4. The van der Waals surface area contributed by atoms with Crippen LogP contribution in [0, 0.1) is 5.82 Å². The summed E-state index contributed by atoms with van der Waals surface area (Å²) in [6, 6.07) is 4.50. The molecule has 0 atom stereocenters. The monoisotopic (exact) mass is 351 g/mol. The average molecular weight is 352 g/mol. The molecule has 1 amide bonds. The van der Waals surface area contributed by atoms with Gasteiger partial charge >= 0.3 is 0 Å². The van der Waals surface area contributed by atoms with Crippen molar-refractivity contribution >= 4 is 42.2 Å². The number of nitrogens with two attached hydrogens (primary N) is 1. The second-order valence-corrected chi connectivity index (χ2v) is 4.79. The molecule has 1 saturated heterocycles. The molecule has 0 bridgehead atoms. The number of nitrogens with zero attached hydrogens (tertiary/aromatic N) is 2. The quantitative estimate of drug-likeness (QED) is 0.837. The van der Waals surface area contributed by atoms with Crippen LogP contribution in [-0.4, -0.2) is 49.3 Å². The molecule has 1 fully saturated rings. The van der Waals surface area contributed by atoms with Crippen molar-refractivity contribution in [2.75, 3.05) is 37.6 Å². The lowest BCUT2D eigenvalue weighted by Crippen LogP contribution is -2.50. The summed E-state index contributed by atoms with van der Waals surface area (Å²) in [4.78, 5) is 26.2. The fraction of sp³-hybridized carbons (Fsp3) is 0.429. The first kappa shape index (κ1) is 20.6. The number of Topliss-reactive ketones (excluding diaryl/α,β-unsaturated/α-hetero) is 1. The summed E-state index contributed by atoms with van der Waals surface area (Å²) in [7, 11) is 0. The Morgan fingerprint density at radius 2 is 1.77 bits per heavy atom. The lowest BCUT2D eigenvalue weighted by atomic mass is 10.1. The predicted molar refractivity (Wildman–Crippen MR) is 88.7 cm³/mol. The highest BCUT2D eigenvalue weighted by molar-refractivity contribution is 5.94. The highest BCUT2D eigenvalue weighted by Gasteiger charge is 2.22. The summed E-state index contributed by atoms with van der Waals surface area (Å²) in [5.41, 5.74) is 6.15. The number of anilines is 1. The number of halogens is 3. The molecule has 22 heavy (non-hydrogen) atoms. The van der Waals surface area contributed by atoms with Crippen molar-refractivity contribution in [3.63, 3.8) is 0 Å². The van der Waals surface area contributed by atoms with Crippen LogP contribution in [0.25, 0.3) is 0 Å². The SMILES string of the molecule is CC(=O)c1ccc(N2CCN(C(=O)CN)CC2)c(F)c1.Cl.Cl. The highest BCUT2D eigenvalue weighted by Crippen LogP contribution is 2.22. The van der Waals surface area contributed by atoms with E-state index in [-0.39, 0.29) is 43.0 Å². The molecule has 2 rings (SSSR count). The second kappa shape index (κ2) is 8.92. The van der Waals surface area contributed by atoms with Crippen molar-refractivity contribution in [3.8, 4) is 0 Å². The lowest BCUT2D eigenvalue weighted by Gasteiger charge is -2.36. The van der Waals surface area contributed by atoms with Crippen molar-refractivity contribution < 1.29 is 14.0 Å². The van der Waals surface area contributed by atoms with Crippen LogP contribution < -0.4 is 10.6 Å².